The molecule has 8 heteroatoms. The number of hydrogen-bond acceptors (Lipinski definition) is 5. The maximum atomic E-state index is 14.9. The van der Waals surface area contributed by atoms with E-state index in [2.05, 4.69) is 0 Å². The van der Waals surface area contributed by atoms with Crippen molar-refractivity contribution in [3.05, 3.63) is 46.0 Å². The number of hydrogen-bond donors (Lipinski definition) is 0. The van der Waals surface area contributed by atoms with E-state index in [1.54, 1.807) is 20.8 Å². The summed E-state index contributed by atoms with van der Waals surface area (Å²) in [6.07, 6.45) is -2.11. The number of carbonyl (C=O) groups is 1. The van der Waals surface area contributed by atoms with E-state index in [-0.39, 0.29) is 19.6 Å². The molecule has 0 bridgehead atoms. The Bertz CT molecular complexity index is 649. The summed E-state index contributed by atoms with van der Waals surface area (Å²) in [5.41, 5.74) is -1.75. The summed E-state index contributed by atoms with van der Waals surface area (Å²) < 4.78 is 25.6. The minimum atomic E-state index is -1.88. The zero-order valence-electron chi connectivity index (χ0n) is 16.0. The van der Waals surface area contributed by atoms with Gasteiger partial charge in [-0.2, -0.15) is 0 Å². The average Bonchev–Trinajstić information content (AvgIpc) is 2.61. The Hall–Kier alpha value is -2.22. The van der Waals surface area contributed by atoms with Crippen molar-refractivity contribution in [3.8, 4) is 0 Å². The van der Waals surface area contributed by atoms with Crippen molar-refractivity contribution in [3.63, 3.8) is 0 Å². The van der Waals surface area contributed by atoms with Crippen molar-refractivity contribution >= 4 is 6.09 Å². The third-order valence-corrected chi connectivity index (χ3v) is 4.48. The highest BCUT2D eigenvalue weighted by atomic mass is 19.1. The predicted octanol–water partition coefficient (Wildman–Crippen LogP) is 3.59. The summed E-state index contributed by atoms with van der Waals surface area (Å²) >= 11 is 0. The first-order valence-corrected chi connectivity index (χ1v) is 9.02. The molecule has 0 aromatic heterocycles. The van der Waals surface area contributed by atoms with Gasteiger partial charge < -0.3 is 14.4 Å². The molecular formula is C19H27FN2O5. The van der Waals surface area contributed by atoms with Gasteiger partial charge in [0, 0.05) is 17.9 Å². The largest absolute Gasteiger partial charge is 0.444 e. The Morgan fingerprint density at radius 3 is 2.63 bits per heavy atom. The van der Waals surface area contributed by atoms with Crippen LogP contribution in [-0.2, 0) is 16.1 Å². The molecule has 0 spiro atoms. The van der Waals surface area contributed by atoms with E-state index in [1.807, 2.05) is 30.3 Å². The van der Waals surface area contributed by atoms with Crippen LogP contribution in [0.5, 0.6) is 0 Å². The lowest BCUT2D eigenvalue weighted by molar-refractivity contribution is -0.584. The Morgan fingerprint density at radius 2 is 2.04 bits per heavy atom. The number of rotatable bonds is 6. The highest BCUT2D eigenvalue weighted by molar-refractivity contribution is 5.68. The maximum absolute atomic E-state index is 14.9. The molecule has 150 valence electrons. The van der Waals surface area contributed by atoms with Gasteiger partial charge in [-0.3, -0.25) is 10.1 Å². The molecule has 0 radical (unpaired) electrons. The second-order valence-corrected chi connectivity index (χ2v) is 7.83. The molecule has 2 rings (SSSR count). The Kier molecular flexibility index (Phi) is 6.75. The molecule has 0 aliphatic carbocycles. The highest BCUT2D eigenvalue weighted by Gasteiger charge is 2.55. The second-order valence-electron chi connectivity index (χ2n) is 7.83. The number of likely N-dealkylation sites (tertiary alicyclic amines) is 1. The van der Waals surface area contributed by atoms with Crippen molar-refractivity contribution in [2.24, 2.45) is 0 Å². The predicted molar refractivity (Wildman–Crippen MR) is 97.8 cm³/mol. The maximum Gasteiger partial charge on any atom is 0.410 e. The van der Waals surface area contributed by atoms with E-state index in [0.717, 1.165) is 5.56 Å². The third kappa shape index (κ3) is 5.63. The molecule has 1 aromatic carbocycles. The van der Waals surface area contributed by atoms with E-state index in [9.17, 15) is 19.3 Å². The topological polar surface area (TPSA) is 81.9 Å². The molecule has 1 saturated heterocycles. The fourth-order valence-electron chi connectivity index (χ4n) is 3.08. The fraction of sp³-hybridized carbons (Fsp3) is 0.632. The Labute approximate surface area is 158 Å². The number of alkyl halides is 1. The molecule has 1 amide bonds. The molecule has 7 nitrogen and oxygen atoms in total. The molecule has 1 aliphatic heterocycles. The minimum absolute atomic E-state index is 0.0508. The number of halogens is 1. The van der Waals surface area contributed by atoms with Crippen LogP contribution in [0, 0.1) is 10.1 Å². The zero-order valence-corrected chi connectivity index (χ0v) is 16.0. The van der Waals surface area contributed by atoms with Crippen LogP contribution in [0.2, 0.25) is 0 Å². The second kappa shape index (κ2) is 8.65. The van der Waals surface area contributed by atoms with Crippen LogP contribution in [0.1, 0.15) is 39.2 Å². The first-order chi connectivity index (χ1) is 12.6. The van der Waals surface area contributed by atoms with E-state index >= 15 is 0 Å². The van der Waals surface area contributed by atoms with Crippen LogP contribution in [-0.4, -0.2) is 52.9 Å². The van der Waals surface area contributed by atoms with Crippen LogP contribution < -0.4 is 0 Å². The van der Waals surface area contributed by atoms with Gasteiger partial charge in [-0.15, -0.1) is 0 Å². The van der Waals surface area contributed by atoms with Gasteiger partial charge in [-0.1, -0.05) is 30.3 Å². The van der Waals surface area contributed by atoms with Gasteiger partial charge in [0.25, 0.3) is 5.54 Å². The first-order valence-electron chi connectivity index (χ1n) is 9.02. The van der Waals surface area contributed by atoms with Crippen LogP contribution in [0.15, 0.2) is 30.3 Å². The van der Waals surface area contributed by atoms with Crippen LogP contribution in [0.3, 0.4) is 0 Å². The van der Waals surface area contributed by atoms with Gasteiger partial charge in [0.1, 0.15) is 5.60 Å². The average molecular weight is 382 g/mol. The van der Waals surface area contributed by atoms with Gasteiger partial charge in [0.05, 0.1) is 19.8 Å². The zero-order chi connectivity index (χ0) is 20.1. The molecule has 1 aromatic rings. The van der Waals surface area contributed by atoms with E-state index in [0.29, 0.717) is 13.0 Å². The van der Waals surface area contributed by atoms with Gasteiger partial charge in [-0.25, -0.2) is 9.18 Å². The smallest absolute Gasteiger partial charge is 0.410 e. The van der Waals surface area contributed by atoms with E-state index in [4.69, 9.17) is 9.47 Å². The third-order valence-electron chi connectivity index (χ3n) is 4.48. The molecule has 0 saturated carbocycles. The van der Waals surface area contributed by atoms with Gasteiger partial charge >= 0.3 is 6.09 Å². The fourth-order valence-corrected chi connectivity index (χ4v) is 3.08. The van der Waals surface area contributed by atoms with E-state index in [1.165, 1.54) is 4.90 Å². The summed E-state index contributed by atoms with van der Waals surface area (Å²) in [6, 6.07) is 9.20. The molecule has 27 heavy (non-hydrogen) atoms. The minimum Gasteiger partial charge on any atom is -0.444 e. The van der Waals surface area contributed by atoms with E-state index < -0.39 is 34.9 Å². The number of nitrogens with zero attached hydrogens (tertiary/aromatic N) is 2. The lowest BCUT2D eigenvalue weighted by Gasteiger charge is -2.38. The van der Waals surface area contributed by atoms with Crippen molar-refractivity contribution in [1.29, 1.82) is 0 Å². The molecule has 1 fully saturated rings. The van der Waals surface area contributed by atoms with Gasteiger partial charge in [0.2, 0.25) is 0 Å². The van der Waals surface area contributed by atoms with Crippen molar-refractivity contribution in [2.75, 3.05) is 19.7 Å². The normalized spacial score (nSPS) is 21.6. The summed E-state index contributed by atoms with van der Waals surface area (Å²) in [4.78, 5) is 24.6. The van der Waals surface area contributed by atoms with Gasteiger partial charge in [-0.05, 0) is 32.8 Å². The molecule has 1 heterocycles. The standard InChI is InChI=1S/C19H27FN2O5/c1-18(2,3)27-17(23)21-11-7-10-19(14-21,22(24)25)16(20)13-26-12-15-8-5-4-6-9-15/h4-6,8-9,16H,7,10-14H2,1-3H3. The molecule has 0 N–H and O–H groups in total. The summed E-state index contributed by atoms with van der Waals surface area (Å²) in [6.45, 7) is 4.89. The Morgan fingerprint density at radius 1 is 1.37 bits per heavy atom. The summed E-state index contributed by atoms with van der Waals surface area (Å²) in [7, 11) is 0. The monoisotopic (exact) mass is 382 g/mol. The number of ether oxygens (including phenoxy) is 2. The molecule has 2 atom stereocenters. The lowest BCUT2D eigenvalue weighted by atomic mass is 9.85. The van der Waals surface area contributed by atoms with Gasteiger partial charge in [0.15, 0.2) is 6.17 Å². The lowest BCUT2D eigenvalue weighted by Crippen LogP contribution is -2.61. The number of carbonyl (C=O) groups excluding carboxylic acids is 1. The van der Waals surface area contributed by atoms with Crippen LogP contribution in [0.4, 0.5) is 9.18 Å². The number of benzene rings is 1. The van der Waals surface area contributed by atoms with Crippen molar-refractivity contribution in [2.45, 2.75) is 57.5 Å². The quantitative estimate of drug-likeness (QED) is 0.555. The first kappa shape index (κ1) is 21.1. The molecular weight excluding hydrogens is 355 g/mol. The SMILES string of the molecule is CC(C)(C)OC(=O)N1CCCC(C(F)COCc2ccccc2)([N+](=O)[O-])C1. The number of nitro groups is 1. The molecule has 1 aliphatic rings. The van der Waals surface area contributed by atoms with Crippen molar-refractivity contribution in [1.82, 2.24) is 4.90 Å². The van der Waals surface area contributed by atoms with Crippen LogP contribution >= 0.6 is 0 Å². The summed E-state index contributed by atoms with van der Waals surface area (Å²) in [5, 5.41) is 11.7. The number of amides is 1. The van der Waals surface area contributed by atoms with Crippen LogP contribution in [0.25, 0.3) is 0 Å². The number of piperidine rings is 1. The highest BCUT2D eigenvalue weighted by Crippen LogP contribution is 2.31. The molecule has 2 unspecified atom stereocenters. The summed E-state index contributed by atoms with van der Waals surface area (Å²) in [5.74, 6) is 0. The Balaban J connectivity index is 2.02. The van der Waals surface area contributed by atoms with Crippen molar-refractivity contribution < 1.29 is 23.6 Å².